The molecule has 2 atom stereocenters. The van der Waals surface area contributed by atoms with Crippen LogP contribution in [-0.2, 0) is 14.3 Å². The summed E-state index contributed by atoms with van der Waals surface area (Å²) >= 11 is 0. The SMILES string of the molecule is COC(=O)c1ccc(-c2cc(OC)ccc2F)c(C2=C(C)CCC2=O)c1.COC(=O)c1ccc(-c2cc(OC)ccc2F)c(C2CCCC2C)c1. The largest absolute Gasteiger partial charge is 0.497 e. The molecule has 0 aliphatic heterocycles. The highest BCUT2D eigenvalue weighted by atomic mass is 19.1. The second kappa shape index (κ2) is 16.1. The summed E-state index contributed by atoms with van der Waals surface area (Å²) in [5.74, 6) is 0.323. The lowest BCUT2D eigenvalue weighted by Gasteiger charge is -2.21. The van der Waals surface area contributed by atoms with Crippen molar-refractivity contribution in [1.29, 1.82) is 0 Å². The van der Waals surface area contributed by atoms with E-state index in [1.54, 1.807) is 49.6 Å². The maximum absolute atomic E-state index is 14.5. The minimum atomic E-state index is -0.507. The lowest BCUT2D eigenvalue weighted by molar-refractivity contribution is -0.113. The van der Waals surface area contributed by atoms with Gasteiger partial charge in [0.1, 0.15) is 23.1 Å². The van der Waals surface area contributed by atoms with Gasteiger partial charge in [0.2, 0.25) is 0 Å². The first-order chi connectivity index (χ1) is 24.5. The molecule has 4 aromatic rings. The number of carbonyl (C=O) groups excluding carboxylic acids is 3. The Bertz CT molecular complexity index is 2000. The van der Waals surface area contributed by atoms with Crippen LogP contribution in [0.1, 0.15) is 83.7 Å². The minimum Gasteiger partial charge on any atom is -0.497 e. The number of allylic oxidation sites excluding steroid dienone is 2. The Labute approximate surface area is 297 Å². The van der Waals surface area contributed by atoms with Crippen molar-refractivity contribution < 1.29 is 42.1 Å². The molecule has 1 saturated carbocycles. The van der Waals surface area contributed by atoms with Crippen molar-refractivity contribution in [3.63, 3.8) is 0 Å². The summed E-state index contributed by atoms with van der Waals surface area (Å²) < 4.78 is 49.2. The Kier molecular flexibility index (Phi) is 11.7. The van der Waals surface area contributed by atoms with Crippen molar-refractivity contribution in [2.45, 2.75) is 51.9 Å². The molecule has 2 unspecified atom stereocenters. The number of rotatable bonds is 8. The molecule has 51 heavy (non-hydrogen) atoms. The molecule has 0 saturated heterocycles. The zero-order valence-corrected chi connectivity index (χ0v) is 29.7. The average Bonchev–Trinajstić information content (AvgIpc) is 3.74. The number of ether oxygens (including phenoxy) is 4. The molecule has 0 N–H and O–H groups in total. The van der Waals surface area contributed by atoms with Crippen molar-refractivity contribution in [1.82, 2.24) is 0 Å². The van der Waals surface area contributed by atoms with E-state index in [1.807, 2.05) is 19.1 Å². The Morgan fingerprint density at radius 3 is 1.69 bits per heavy atom. The van der Waals surface area contributed by atoms with Gasteiger partial charge in [-0.2, -0.15) is 0 Å². The van der Waals surface area contributed by atoms with Crippen molar-refractivity contribution >= 4 is 23.3 Å². The molecule has 6 rings (SSSR count). The fourth-order valence-corrected chi connectivity index (χ4v) is 7.04. The zero-order chi connectivity index (χ0) is 36.8. The molecule has 9 heteroatoms. The van der Waals surface area contributed by atoms with Crippen LogP contribution in [0.5, 0.6) is 11.5 Å². The van der Waals surface area contributed by atoms with Gasteiger partial charge in [-0.25, -0.2) is 18.4 Å². The normalized spacial score (nSPS) is 16.7. The summed E-state index contributed by atoms with van der Waals surface area (Å²) in [4.78, 5) is 36.3. The number of halogens is 2. The third-order valence-corrected chi connectivity index (χ3v) is 9.80. The van der Waals surface area contributed by atoms with Gasteiger partial charge in [-0.3, -0.25) is 4.79 Å². The highest BCUT2D eigenvalue weighted by molar-refractivity contribution is 6.25. The Balaban J connectivity index is 0.000000198. The molecule has 2 aliphatic carbocycles. The third-order valence-electron chi connectivity index (χ3n) is 9.80. The Hall–Kier alpha value is -5.31. The number of hydrogen-bond acceptors (Lipinski definition) is 7. The minimum absolute atomic E-state index is 0.00549. The monoisotopic (exact) mass is 696 g/mol. The van der Waals surface area contributed by atoms with E-state index in [0.29, 0.717) is 75.1 Å². The topological polar surface area (TPSA) is 88.1 Å². The van der Waals surface area contributed by atoms with Gasteiger partial charge in [0.25, 0.3) is 0 Å². The van der Waals surface area contributed by atoms with Crippen LogP contribution in [0, 0.1) is 17.6 Å². The van der Waals surface area contributed by atoms with Crippen molar-refractivity contribution in [2.75, 3.05) is 28.4 Å². The van der Waals surface area contributed by atoms with Crippen molar-refractivity contribution in [2.24, 2.45) is 5.92 Å². The molecular formula is C42H42F2O7. The lowest BCUT2D eigenvalue weighted by atomic mass is 9.84. The van der Waals surface area contributed by atoms with Crippen LogP contribution < -0.4 is 9.47 Å². The van der Waals surface area contributed by atoms with Crippen LogP contribution in [0.4, 0.5) is 8.78 Å². The maximum Gasteiger partial charge on any atom is 0.337 e. The maximum atomic E-state index is 14.5. The molecule has 0 bridgehead atoms. The first-order valence-electron chi connectivity index (χ1n) is 16.9. The van der Waals surface area contributed by atoms with E-state index >= 15 is 0 Å². The first-order valence-corrected chi connectivity index (χ1v) is 16.9. The second-order valence-electron chi connectivity index (χ2n) is 12.8. The summed E-state index contributed by atoms with van der Waals surface area (Å²) in [5, 5.41) is 0. The van der Waals surface area contributed by atoms with Crippen LogP contribution in [0.15, 0.2) is 78.4 Å². The van der Waals surface area contributed by atoms with E-state index < -0.39 is 11.8 Å². The zero-order valence-electron chi connectivity index (χ0n) is 29.7. The van der Waals surface area contributed by atoms with Crippen LogP contribution in [0.2, 0.25) is 0 Å². The number of benzene rings is 4. The molecule has 2 aliphatic rings. The lowest BCUT2D eigenvalue weighted by Crippen LogP contribution is -2.08. The van der Waals surface area contributed by atoms with Crippen LogP contribution >= 0.6 is 0 Å². The first kappa shape index (κ1) is 37.0. The smallest absolute Gasteiger partial charge is 0.337 e. The predicted octanol–water partition coefficient (Wildman–Crippen LogP) is 9.62. The highest BCUT2D eigenvalue weighted by Crippen LogP contribution is 2.44. The molecular weight excluding hydrogens is 654 g/mol. The third kappa shape index (κ3) is 7.88. The molecule has 1 fully saturated rings. The number of hydrogen-bond donors (Lipinski definition) is 0. The second-order valence-corrected chi connectivity index (χ2v) is 12.8. The van der Waals surface area contributed by atoms with Gasteiger partial charge in [-0.15, -0.1) is 0 Å². The van der Waals surface area contributed by atoms with E-state index in [2.05, 4.69) is 6.92 Å². The molecule has 4 aromatic carbocycles. The molecule has 0 spiro atoms. The van der Waals surface area contributed by atoms with Crippen LogP contribution in [0.25, 0.3) is 27.8 Å². The van der Waals surface area contributed by atoms with E-state index in [4.69, 9.17) is 18.9 Å². The van der Waals surface area contributed by atoms with Gasteiger partial charge < -0.3 is 18.9 Å². The van der Waals surface area contributed by atoms with Gasteiger partial charge in [-0.05, 0) is 115 Å². The Morgan fingerprint density at radius 2 is 1.20 bits per heavy atom. The van der Waals surface area contributed by atoms with Gasteiger partial charge >= 0.3 is 11.9 Å². The van der Waals surface area contributed by atoms with E-state index in [-0.39, 0.29) is 17.6 Å². The molecule has 0 radical (unpaired) electrons. The predicted molar refractivity (Wildman–Crippen MR) is 192 cm³/mol. The van der Waals surface area contributed by atoms with Gasteiger partial charge in [0.05, 0.1) is 39.6 Å². The van der Waals surface area contributed by atoms with Gasteiger partial charge in [-0.1, -0.05) is 37.5 Å². The molecule has 0 aromatic heterocycles. The fraction of sp³-hybridized carbons (Fsp3) is 0.310. The van der Waals surface area contributed by atoms with Crippen molar-refractivity contribution in [3.05, 3.63) is 112 Å². The molecule has 0 amide bonds. The number of esters is 2. The summed E-state index contributed by atoms with van der Waals surface area (Å²) in [6.45, 7) is 4.10. The van der Waals surface area contributed by atoms with Gasteiger partial charge in [0, 0.05) is 23.1 Å². The van der Waals surface area contributed by atoms with E-state index in [9.17, 15) is 23.2 Å². The quantitative estimate of drug-likeness (QED) is 0.170. The number of carbonyl (C=O) groups is 3. The van der Waals surface area contributed by atoms with Crippen LogP contribution in [-0.4, -0.2) is 46.2 Å². The highest BCUT2D eigenvalue weighted by Gasteiger charge is 2.29. The number of Topliss-reactive ketones (excluding diaryl/α,β-unsaturated/α-hetero) is 1. The fourth-order valence-electron chi connectivity index (χ4n) is 7.04. The van der Waals surface area contributed by atoms with Gasteiger partial charge in [0.15, 0.2) is 5.78 Å². The van der Waals surface area contributed by atoms with E-state index in [0.717, 1.165) is 36.0 Å². The number of methoxy groups -OCH3 is 4. The average molecular weight is 697 g/mol. The Morgan fingerprint density at radius 1 is 0.647 bits per heavy atom. The standard InChI is InChI=1S/C21H19FO4.C21H23FO3/c1-12-4-9-19(23)20(12)17-10-13(21(24)26-3)5-7-15(17)16-11-14(25-2)6-8-18(16)22;1-13-5-4-6-16(13)18-11-14(21(23)25-3)7-9-17(18)19-12-15(24-2)8-10-20(19)22/h5-8,10-11H,4,9H2,1-3H3;7-13,16H,4-6H2,1-3H3. The molecule has 266 valence electrons. The molecule has 7 nitrogen and oxygen atoms in total. The van der Waals surface area contributed by atoms with Crippen LogP contribution in [0.3, 0.4) is 0 Å². The summed E-state index contributed by atoms with van der Waals surface area (Å²) in [7, 11) is 5.74. The number of ketones is 1. The summed E-state index contributed by atoms with van der Waals surface area (Å²) in [5.41, 5.74) is 6.04. The summed E-state index contributed by atoms with van der Waals surface area (Å²) in [6, 6.07) is 19.4. The summed E-state index contributed by atoms with van der Waals surface area (Å²) in [6.07, 6.45) is 4.42. The van der Waals surface area contributed by atoms with E-state index in [1.165, 1.54) is 39.5 Å². The molecule has 0 heterocycles. The van der Waals surface area contributed by atoms with Crippen molar-refractivity contribution in [3.8, 4) is 33.8 Å².